The first-order valence-electron chi connectivity index (χ1n) is 7.68. The molecule has 0 aromatic carbocycles. The van der Waals surface area contributed by atoms with E-state index in [0.717, 1.165) is 12.0 Å². The van der Waals surface area contributed by atoms with Crippen LogP contribution in [0.15, 0.2) is 22.8 Å². The van der Waals surface area contributed by atoms with E-state index >= 15 is 0 Å². The maximum absolute atomic E-state index is 12.1. The average molecular weight is 346 g/mol. The Bertz CT molecular complexity index is 556. The summed E-state index contributed by atoms with van der Waals surface area (Å²) in [4.78, 5) is 12.1. The number of hydrogen-bond acceptors (Lipinski definition) is 5. The SMILES string of the molecule is CC[C@@H](C)[C@@H](NS(C)(=O)=O)C(=O)NCCCOCc1ccco1. The first-order valence-corrected chi connectivity index (χ1v) is 9.57. The van der Waals surface area contributed by atoms with Crippen molar-refractivity contribution in [3.63, 3.8) is 0 Å². The summed E-state index contributed by atoms with van der Waals surface area (Å²) >= 11 is 0. The Morgan fingerprint density at radius 3 is 2.74 bits per heavy atom. The third kappa shape index (κ3) is 8.15. The first kappa shape index (κ1) is 19.7. The largest absolute Gasteiger partial charge is 0.467 e. The fourth-order valence-electron chi connectivity index (χ4n) is 1.96. The van der Waals surface area contributed by atoms with E-state index in [0.29, 0.717) is 32.6 Å². The summed E-state index contributed by atoms with van der Waals surface area (Å²) in [5.74, 6) is 0.360. The molecule has 7 nitrogen and oxygen atoms in total. The number of furan rings is 1. The highest BCUT2D eigenvalue weighted by Crippen LogP contribution is 2.09. The van der Waals surface area contributed by atoms with E-state index in [2.05, 4.69) is 10.0 Å². The van der Waals surface area contributed by atoms with Crippen molar-refractivity contribution in [1.82, 2.24) is 10.0 Å². The molecule has 0 spiro atoms. The van der Waals surface area contributed by atoms with E-state index in [4.69, 9.17) is 9.15 Å². The molecule has 0 fully saturated rings. The standard InChI is InChI=1S/C15H26N2O5S/c1-4-12(2)14(17-23(3,19)20)15(18)16-8-6-9-21-11-13-7-5-10-22-13/h5,7,10,12,14,17H,4,6,8-9,11H2,1-3H3,(H,16,18)/t12-,14-/m1/s1. The summed E-state index contributed by atoms with van der Waals surface area (Å²) in [6.07, 6.45) is 3.98. The van der Waals surface area contributed by atoms with E-state index in [1.807, 2.05) is 19.9 Å². The molecule has 1 heterocycles. The van der Waals surface area contributed by atoms with Gasteiger partial charge in [-0.05, 0) is 24.5 Å². The lowest BCUT2D eigenvalue weighted by atomic mass is 9.99. The molecule has 0 saturated heterocycles. The molecule has 132 valence electrons. The number of sulfonamides is 1. The molecule has 2 atom stereocenters. The number of carbonyl (C=O) groups is 1. The van der Waals surface area contributed by atoms with Gasteiger partial charge in [-0.2, -0.15) is 0 Å². The van der Waals surface area contributed by atoms with Crippen LogP contribution in [0.4, 0.5) is 0 Å². The van der Waals surface area contributed by atoms with Crippen molar-refractivity contribution in [3.05, 3.63) is 24.2 Å². The second kappa shape index (κ2) is 9.69. The maximum Gasteiger partial charge on any atom is 0.238 e. The smallest absolute Gasteiger partial charge is 0.238 e. The van der Waals surface area contributed by atoms with Gasteiger partial charge in [-0.1, -0.05) is 20.3 Å². The predicted molar refractivity (Wildman–Crippen MR) is 87.2 cm³/mol. The van der Waals surface area contributed by atoms with Crippen LogP contribution in [0, 0.1) is 5.92 Å². The van der Waals surface area contributed by atoms with Gasteiger partial charge in [-0.3, -0.25) is 4.79 Å². The lowest BCUT2D eigenvalue weighted by molar-refractivity contribution is -0.123. The Labute approximate surface area is 137 Å². The van der Waals surface area contributed by atoms with Crippen molar-refractivity contribution in [2.75, 3.05) is 19.4 Å². The quantitative estimate of drug-likeness (QED) is 0.588. The molecule has 0 aliphatic rings. The van der Waals surface area contributed by atoms with Crippen molar-refractivity contribution in [3.8, 4) is 0 Å². The van der Waals surface area contributed by atoms with Crippen molar-refractivity contribution >= 4 is 15.9 Å². The number of hydrogen-bond donors (Lipinski definition) is 2. The summed E-state index contributed by atoms with van der Waals surface area (Å²) in [5, 5.41) is 2.74. The van der Waals surface area contributed by atoms with Crippen molar-refractivity contribution in [2.45, 2.75) is 39.3 Å². The van der Waals surface area contributed by atoms with Crippen molar-refractivity contribution < 1.29 is 22.4 Å². The van der Waals surface area contributed by atoms with Crippen LogP contribution >= 0.6 is 0 Å². The third-order valence-electron chi connectivity index (χ3n) is 3.43. The zero-order valence-electron chi connectivity index (χ0n) is 13.9. The normalized spacial score (nSPS) is 14.4. The highest BCUT2D eigenvalue weighted by atomic mass is 32.2. The molecular weight excluding hydrogens is 320 g/mol. The minimum absolute atomic E-state index is 0.0834. The third-order valence-corrected chi connectivity index (χ3v) is 4.11. The lowest BCUT2D eigenvalue weighted by Gasteiger charge is -2.22. The van der Waals surface area contributed by atoms with E-state index < -0.39 is 16.1 Å². The minimum atomic E-state index is -3.43. The Kier molecular flexibility index (Phi) is 8.29. The highest BCUT2D eigenvalue weighted by molar-refractivity contribution is 7.88. The zero-order chi connectivity index (χ0) is 17.3. The maximum atomic E-state index is 12.1. The van der Waals surface area contributed by atoms with E-state index in [1.54, 1.807) is 12.3 Å². The molecule has 0 aliphatic heterocycles. The van der Waals surface area contributed by atoms with Gasteiger partial charge in [0.05, 0.1) is 12.5 Å². The van der Waals surface area contributed by atoms with E-state index in [1.165, 1.54) is 0 Å². The second-order valence-corrected chi connectivity index (χ2v) is 7.31. The molecule has 1 amide bonds. The van der Waals surface area contributed by atoms with Crippen molar-refractivity contribution in [2.24, 2.45) is 5.92 Å². The van der Waals surface area contributed by atoms with Gasteiger partial charge in [0.25, 0.3) is 0 Å². The Hall–Kier alpha value is -1.38. The van der Waals surface area contributed by atoms with Gasteiger partial charge in [-0.15, -0.1) is 0 Å². The fourth-order valence-corrected chi connectivity index (χ4v) is 2.76. The van der Waals surface area contributed by atoms with Crippen LogP contribution in [0.2, 0.25) is 0 Å². The number of amides is 1. The summed E-state index contributed by atoms with van der Waals surface area (Å²) in [7, 11) is -3.43. The Morgan fingerprint density at radius 2 is 2.17 bits per heavy atom. The molecule has 23 heavy (non-hydrogen) atoms. The van der Waals surface area contributed by atoms with Gasteiger partial charge in [-0.25, -0.2) is 13.1 Å². The second-order valence-electron chi connectivity index (χ2n) is 5.53. The molecule has 1 aromatic rings. The van der Waals surface area contributed by atoms with Gasteiger partial charge in [0.15, 0.2) is 0 Å². The molecule has 0 bridgehead atoms. The van der Waals surface area contributed by atoms with Crippen LogP contribution in [-0.4, -0.2) is 39.8 Å². The van der Waals surface area contributed by atoms with E-state index in [9.17, 15) is 13.2 Å². The van der Waals surface area contributed by atoms with Gasteiger partial charge < -0.3 is 14.5 Å². The van der Waals surface area contributed by atoms with Gasteiger partial charge in [0.2, 0.25) is 15.9 Å². The summed E-state index contributed by atoms with van der Waals surface area (Å²) in [5.41, 5.74) is 0. The van der Waals surface area contributed by atoms with Crippen LogP contribution < -0.4 is 10.0 Å². The molecule has 0 saturated carbocycles. The number of ether oxygens (including phenoxy) is 1. The molecule has 0 radical (unpaired) electrons. The Balaban J connectivity index is 2.28. The lowest BCUT2D eigenvalue weighted by Crippen LogP contribution is -2.50. The summed E-state index contributed by atoms with van der Waals surface area (Å²) < 4.78 is 35.7. The fraction of sp³-hybridized carbons (Fsp3) is 0.667. The molecule has 0 aliphatic carbocycles. The minimum Gasteiger partial charge on any atom is -0.467 e. The zero-order valence-corrected chi connectivity index (χ0v) is 14.7. The van der Waals surface area contributed by atoms with Crippen molar-refractivity contribution in [1.29, 1.82) is 0 Å². The van der Waals surface area contributed by atoms with Crippen LogP contribution in [0.1, 0.15) is 32.4 Å². The Morgan fingerprint density at radius 1 is 1.43 bits per heavy atom. The summed E-state index contributed by atoms with van der Waals surface area (Å²) in [6, 6.07) is 2.87. The van der Waals surface area contributed by atoms with Gasteiger partial charge in [0, 0.05) is 13.2 Å². The topological polar surface area (TPSA) is 97.6 Å². The van der Waals surface area contributed by atoms with Crippen LogP contribution in [0.5, 0.6) is 0 Å². The van der Waals surface area contributed by atoms with Gasteiger partial charge in [0.1, 0.15) is 18.4 Å². The van der Waals surface area contributed by atoms with Crippen LogP contribution in [-0.2, 0) is 26.2 Å². The number of rotatable bonds is 11. The molecular formula is C15H26N2O5S. The highest BCUT2D eigenvalue weighted by Gasteiger charge is 2.26. The summed E-state index contributed by atoms with van der Waals surface area (Å²) in [6.45, 7) is 5.06. The monoisotopic (exact) mass is 346 g/mol. The predicted octanol–water partition coefficient (Wildman–Crippen LogP) is 1.27. The number of carbonyl (C=O) groups excluding carboxylic acids is 1. The van der Waals surface area contributed by atoms with Crippen LogP contribution in [0.25, 0.3) is 0 Å². The van der Waals surface area contributed by atoms with Gasteiger partial charge >= 0.3 is 0 Å². The van der Waals surface area contributed by atoms with E-state index in [-0.39, 0.29) is 11.8 Å². The van der Waals surface area contributed by atoms with Crippen LogP contribution in [0.3, 0.4) is 0 Å². The molecule has 1 aromatic heterocycles. The molecule has 2 N–H and O–H groups in total. The average Bonchev–Trinajstić information content (AvgIpc) is 2.99. The molecule has 1 rings (SSSR count). The molecule has 0 unspecified atom stereocenters. The number of nitrogens with one attached hydrogen (secondary N) is 2. The molecule has 8 heteroatoms. The first-order chi connectivity index (χ1) is 10.8.